The van der Waals surface area contributed by atoms with E-state index in [4.69, 9.17) is 0 Å². The molecule has 504 valence electrons. The molecule has 0 aliphatic carbocycles. The third-order valence-electron chi connectivity index (χ3n) is 19.1. The molecule has 89 heavy (non-hydrogen) atoms. The molecule has 4 rings (SSSR count). The molecule has 0 fully saturated rings. The number of benzene rings is 4. The maximum atomic E-state index is 12.2. The molecule has 0 unspecified atom stereocenters. The fourth-order valence-corrected chi connectivity index (χ4v) is 15.1. The Bertz CT molecular complexity index is 2370. The SMILES string of the molecule is CCCCCCCCCCCCCCCc1ccc(CCCCCCCCCCCCCCC)c2c(S(=O)(=O)[O-])cccc12.CCCCCCCCCCCCCCCc1ccc(CCCCCCCCCCCCCCC)c2c(S(=O)(=O)[O-])cccc12.[Ba+2]. The third-order valence-corrected chi connectivity index (χ3v) is 20.9. The second-order valence-corrected chi connectivity index (χ2v) is 29.7. The second kappa shape index (κ2) is 56.0. The van der Waals surface area contributed by atoms with E-state index >= 15 is 0 Å². The molecule has 0 radical (unpaired) electrons. The van der Waals surface area contributed by atoms with Gasteiger partial charge in [0, 0.05) is 10.8 Å². The van der Waals surface area contributed by atoms with Crippen molar-refractivity contribution in [1.82, 2.24) is 0 Å². The predicted molar refractivity (Wildman–Crippen MR) is 387 cm³/mol. The Labute approximate surface area is 591 Å². The van der Waals surface area contributed by atoms with Crippen LogP contribution in [0.15, 0.2) is 70.5 Å². The van der Waals surface area contributed by atoms with Gasteiger partial charge in [-0.3, -0.25) is 0 Å². The Kier molecular flexibility index (Phi) is 52.8. The van der Waals surface area contributed by atoms with Gasteiger partial charge in [0.15, 0.2) is 0 Å². The molecule has 0 aromatic heterocycles. The summed E-state index contributed by atoms with van der Waals surface area (Å²) < 4.78 is 73.4. The minimum Gasteiger partial charge on any atom is -0.744 e. The molecule has 0 aliphatic rings. The summed E-state index contributed by atoms with van der Waals surface area (Å²) in [5.74, 6) is 0. The van der Waals surface area contributed by atoms with E-state index < -0.39 is 20.2 Å². The number of hydrogen-bond acceptors (Lipinski definition) is 6. The zero-order valence-corrected chi connectivity index (χ0v) is 64.4. The number of hydrogen-bond donors (Lipinski definition) is 0. The van der Waals surface area contributed by atoms with E-state index in [9.17, 15) is 25.9 Å². The smallest absolute Gasteiger partial charge is 0.744 e. The first-order valence-corrected chi connectivity index (χ1v) is 40.8. The Hall–Kier alpha value is -1.21. The summed E-state index contributed by atoms with van der Waals surface area (Å²) in [4.78, 5) is -0.0705. The van der Waals surface area contributed by atoms with Crippen LogP contribution in [0, 0.1) is 0 Å². The molecule has 0 aliphatic heterocycles. The Balaban J connectivity index is 0.000000600. The van der Waals surface area contributed by atoms with Crippen molar-refractivity contribution in [2.24, 2.45) is 0 Å². The van der Waals surface area contributed by atoms with Crippen molar-refractivity contribution >= 4 is 90.7 Å². The van der Waals surface area contributed by atoms with Crippen LogP contribution in [0.1, 0.15) is 384 Å². The van der Waals surface area contributed by atoms with Crippen LogP contribution < -0.4 is 0 Å². The zero-order valence-electron chi connectivity index (χ0n) is 58.3. The van der Waals surface area contributed by atoms with Gasteiger partial charge in [-0.2, -0.15) is 0 Å². The van der Waals surface area contributed by atoms with Gasteiger partial charge in [-0.15, -0.1) is 0 Å². The molecule has 4 aromatic carbocycles. The quantitative estimate of drug-likeness (QED) is 0.0247. The molecule has 9 heteroatoms. The minimum absolute atomic E-state index is 0. The predicted octanol–water partition coefficient (Wildman–Crippen LogP) is 25.6. The maximum absolute atomic E-state index is 12.2. The van der Waals surface area contributed by atoms with Gasteiger partial charge in [0.05, 0.1) is 9.79 Å². The molecule has 0 bridgehead atoms. The van der Waals surface area contributed by atoms with Crippen LogP contribution in [-0.2, 0) is 45.9 Å². The molecule has 0 amide bonds. The summed E-state index contributed by atoms with van der Waals surface area (Å²) >= 11 is 0. The van der Waals surface area contributed by atoms with Crippen LogP contribution in [0.3, 0.4) is 0 Å². The molecular formula is C80H134BaO6S2. The summed E-state index contributed by atoms with van der Waals surface area (Å²) in [6.45, 7) is 9.09. The molecular weight excluding hydrogens is 1260 g/mol. The normalized spacial score (nSPS) is 11.8. The Morgan fingerprint density at radius 1 is 0.236 bits per heavy atom. The van der Waals surface area contributed by atoms with Crippen molar-refractivity contribution in [3.05, 3.63) is 82.9 Å². The fraction of sp³-hybridized carbons (Fsp3) is 0.750. The van der Waals surface area contributed by atoms with Crippen LogP contribution in [-0.4, -0.2) is 74.8 Å². The molecule has 0 atom stereocenters. The van der Waals surface area contributed by atoms with Gasteiger partial charge < -0.3 is 9.11 Å². The Morgan fingerprint density at radius 2 is 0.404 bits per heavy atom. The van der Waals surface area contributed by atoms with Crippen LogP contribution in [0.5, 0.6) is 0 Å². The maximum Gasteiger partial charge on any atom is 2.00 e. The van der Waals surface area contributed by atoms with E-state index in [1.807, 2.05) is 12.1 Å². The van der Waals surface area contributed by atoms with E-state index in [-0.39, 0.29) is 58.7 Å². The summed E-state index contributed by atoms with van der Waals surface area (Å²) in [7, 11) is -9.05. The second-order valence-electron chi connectivity index (χ2n) is 27.0. The van der Waals surface area contributed by atoms with Crippen LogP contribution >= 0.6 is 0 Å². The van der Waals surface area contributed by atoms with Gasteiger partial charge >= 0.3 is 48.9 Å². The topological polar surface area (TPSA) is 114 Å². The van der Waals surface area contributed by atoms with Crippen LogP contribution in [0.25, 0.3) is 21.5 Å². The first-order valence-electron chi connectivity index (χ1n) is 38.0. The zero-order chi connectivity index (χ0) is 63.4. The number of rotatable bonds is 58. The van der Waals surface area contributed by atoms with E-state index in [1.54, 1.807) is 12.1 Å². The third kappa shape index (κ3) is 40.1. The van der Waals surface area contributed by atoms with Crippen molar-refractivity contribution in [2.45, 2.75) is 397 Å². The average molecular weight is 1390 g/mol. The standard InChI is InChI=1S/2C40H68O3S.Ba/c2*1-3-5-7-9-11-13-15-17-19-21-23-25-27-30-36-34-35-37(40-38(36)32-29-33-39(40)44(41,42)43)31-28-26-24-22-20-18-16-14-12-10-8-6-4-2;/h2*29,32-35H,3-28,30-31H2,1-2H3,(H,41,42,43);/q;;+2/p-2. The number of aryl methyl sites for hydroxylation is 4. The summed E-state index contributed by atoms with van der Waals surface area (Å²) in [6, 6.07) is 19.2. The number of fused-ring (bicyclic) bond motifs is 2. The fourth-order valence-electron chi connectivity index (χ4n) is 13.6. The first-order chi connectivity index (χ1) is 43.0. The van der Waals surface area contributed by atoms with Crippen LogP contribution in [0.4, 0.5) is 0 Å². The van der Waals surface area contributed by atoms with E-state index in [0.717, 1.165) is 86.1 Å². The van der Waals surface area contributed by atoms with Gasteiger partial charge in [-0.05, 0) is 96.5 Å². The Morgan fingerprint density at radius 3 is 0.596 bits per heavy atom. The van der Waals surface area contributed by atoms with Gasteiger partial charge in [0.1, 0.15) is 20.2 Å². The molecule has 0 N–H and O–H groups in total. The van der Waals surface area contributed by atoms with Gasteiger partial charge in [0.2, 0.25) is 0 Å². The van der Waals surface area contributed by atoms with Crippen molar-refractivity contribution in [2.75, 3.05) is 0 Å². The van der Waals surface area contributed by atoms with Crippen molar-refractivity contribution < 1.29 is 25.9 Å². The molecule has 6 nitrogen and oxygen atoms in total. The largest absolute Gasteiger partial charge is 2.00 e. The molecule has 0 heterocycles. The summed E-state index contributed by atoms with van der Waals surface area (Å²) in [5, 5.41) is 3.31. The first kappa shape index (κ1) is 83.9. The van der Waals surface area contributed by atoms with E-state index in [1.165, 1.54) is 319 Å². The minimum atomic E-state index is -4.52. The van der Waals surface area contributed by atoms with E-state index in [0.29, 0.717) is 10.8 Å². The van der Waals surface area contributed by atoms with E-state index in [2.05, 4.69) is 52.0 Å². The van der Waals surface area contributed by atoms with Gasteiger partial charge in [0.25, 0.3) is 0 Å². The van der Waals surface area contributed by atoms with Crippen molar-refractivity contribution in [3.8, 4) is 0 Å². The number of unbranched alkanes of at least 4 members (excludes halogenated alkanes) is 48. The average Bonchev–Trinajstić information content (AvgIpc) is 0.940. The monoisotopic (exact) mass is 1390 g/mol. The van der Waals surface area contributed by atoms with Crippen molar-refractivity contribution in [3.63, 3.8) is 0 Å². The molecule has 0 saturated carbocycles. The van der Waals surface area contributed by atoms with Gasteiger partial charge in [-0.25, -0.2) is 16.8 Å². The molecule has 0 saturated heterocycles. The van der Waals surface area contributed by atoms with Gasteiger partial charge in [-0.1, -0.05) is 384 Å². The molecule has 0 spiro atoms. The summed E-state index contributed by atoms with van der Waals surface area (Å²) in [6.07, 6.45) is 72.3. The molecule has 4 aromatic rings. The van der Waals surface area contributed by atoms with Crippen LogP contribution in [0.2, 0.25) is 0 Å². The van der Waals surface area contributed by atoms with Crippen molar-refractivity contribution in [1.29, 1.82) is 0 Å². The summed E-state index contributed by atoms with van der Waals surface area (Å²) in [5.41, 5.74) is 4.41.